The molecule has 0 bridgehead atoms. The van der Waals surface area contributed by atoms with E-state index in [2.05, 4.69) is 53.6 Å². The fourth-order valence-electron chi connectivity index (χ4n) is 3.38. The molecule has 0 saturated carbocycles. The second-order valence-corrected chi connectivity index (χ2v) is 6.14. The van der Waals surface area contributed by atoms with Crippen LogP contribution in [-0.2, 0) is 6.42 Å². The first kappa shape index (κ1) is 12.9. The average molecular weight is 297 g/mol. The van der Waals surface area contributed by atoms with E-state index in [1.54, 1.807) is 0 Å². The molecular weight excluding hydrogens is 280 g/mol. The highest BCUT2D eigenvalue weighted by Crippen LogP contribution is 2.35. The Morgan fingerprint density at radius 1 is 1.14 bits per heavy atom. The molecule has 3 aromatic rings. The maximum atomic E-state index is 6.17. The van der Waals surface area contributed by atoms with Crippen molar-refractivity contribution in [2.75, 3.05) is 6.54 Å². The lowest BCUT2D eigenvalue weighted by atomic mass is 9.92. The Morgan fingerprint density at radius 3 is 2.86 bits per heavy atom. The third-order valence-electron chi connectivity index (χ3n) is 4.41. The predicted octanol–water partition coefficient (Wildman–Crippen LogP) is 4.36. The fourth-order valence-corrected chi connectivity index (χ4v) is 3.55. The fraction of sp³-hybridized carbons (Fsp3) is 0.222. The number of rotatable bonds is 1. The van der Waals surface area contributed by atoms with E-state index < -0.39 is 0 Å². The van der Waals surface area contributed by atoms with Gasteiger partial charge in [-0.15, -0.1) is 0 Å². The second kappa shape index (κ2) is 4.90. The molecule has 1 unspecified atom stereocenters. The van der Waals surface area contributed by atoms with E-state index in [9.17, 15) is 0 Å². The molecule has 21 heavy (non-hydrogen) atoms. The number of halogens is 1. The summed E-state index contributed by atoms with van der Waals surface area (Å²) >= 11 is 6.17. The number of hydrogen-bond donors (Lipinski definition) is 2. The minimum Gasteiger partial charge on any atom is -0.357 e. The molecular formula is C18H17ClN2. The monoisotopic (exact) mass is 296 g/mol. The number of hydrogen-bond acceptors (Lipinski definition) is 1. The van der Waals surface area contributed by atoms with E-state index in [0.29, 0.717) is 0 Å². The summed E-state index contributed by atoms with van der Waals surface area (Å²) in [6.45, 7) is 3.16. The van der Waals surface area contributed by atoms with Crippen LogP contribution >= 0.6 is 11.6 Å². The molecule has 4 rings (SSSR count). The molecule has 0 radical (unpaired) electrons. The van der Waals surface area contributed by atoms with Crippen LogP contribution in [0.15, 0.2) is 42.5 Å². The van der Waals surface area contributed by atoms with Crippen LogP contribution in [-0.4, -0.2) is 11.5 Å². The maximum Gasteiger partial charge on any atom is 0.0734 e. The highest BCUT2D eigenvalue weighted by atomic mass is 35.5. The Hall–Kier alpha value is -1.77. The lowest BCUT2D eigenvalue weighted by Gasteiger charge is -2.26. The van der Waals surface area contributed by atoms with Gasteiger partial charge in [-0.2, -0.15) is 0 Å². The number of aromatic amines is 1. The van der Waals surface area contributed by atoms with Gasteiger partial charge in [0.05, 0.1) is 6.04 Å². The van der Waals surface area contributed by atoms with Crippen molar-refractivity contribution in [1.82, 2.24) is 10.3 Å². The van der Waals surface area contributed by atoms with Crippen molar-refractivity contribution < 1.29 is 0 Å². The minimum atomic E-state index is 0.237. The lowest BCUT2D eigenvalue weighted by Crippen LogP contribution is -2.30. The molecule has 2 aromatic carbocycles. The van der Waals surface area contributed by atoms with E-state index in [0.717, 1.165) is 18.0 Å². The zero-order chi connectivity index (χ0) is 14.4. The summed E-state index contributed by atoms with van der Waals surface area (Å²) in [6, 6.07) is 14.9. The van der Waals surface area contributed by atoms with Gasteiger partial charge in [0, 0.05) is 28.2 Å². The van der Waals surface area contributed by atoms with E-state index in [-0.39, 0.29) is 6.04 Å². The number of aromatic nitrogens is 1. The first-order valence-corrected chi connectivity index (χ1v) is 7.71. The van der Waals surface area contributed by atoms with Gasteiger partial charge in [0.15, 0.2) is 0 Å². The summed E-state index contributed by atoms with van der Waals surface area (Å²) in [7, 11) is 0. The van der Waals surface area contributed by atoms with Gasteiger partial charge in [-0.3, -0.25) is 0 Å². The predicted molar refractivity (Wildman–Crippen MR) is 88.0 cm³/mol. The van der Waals surface area contributed by atoms with E-state index >= 15 is 0 Å². The number of nitrogens with one attached hydrogen (secondary N) is 2. The molecule has 1 aromatic heterocycles. The summed E-state index contributed by atoms with van der Waals surface area (Å²) in [5.74, 6) is 0. The van der Waals surface area contributed by atoms with Crippen molar-refractivity contribution in [2.45, 2.75) is 19.4 Å². The van der Waals surface area contributed by atoms with Gasteiger partial charge in [0.2, 0.25) is 0 Å². The largest absolute Gasteiger partial charge is 0.357 e. The van der Waals surface area contributed by atoms with Crippen LogP contribution < -0.4 is 5.32 Å². The molecule has 1 aliphatic heterocycles. The normalized spacial score (nSPS) is 17.9. The number of benzene rings is 2. The Balaban J connectivity index is 1.92. The highest BCUT2D eigenvalue weighted by molar-refractivity contribution is 6.31. The molecule has 0 spiro atoms. The average Bonchev–Trinajstić information content (AvgIpc) is 2.86. The molecule has 106 valence electrons. The Labute approximate surface area is 129 Å². The molecule has 0 amide bonds. The van der Waals surface area contributed by atoms with Crippen molar-refractivity contribution in [3.63, 3.8) is 0 Å². The summed E-state index contributed by atoms with van der Waals surface area (Å²) in [6.07, 6.45) is 1.04. The molecule has 3 heteroatoms. The molecule has 2 N–H and O–H groups in total. The highest BCUT2D eigenvalue weighted by Gasteiger charge is 2.25. The summed E-state index contributed by atoms with van der Waals surface area (Å²) in [5.41, 5.74) is 6.52. The molecule has 2 heterocycles. The van der Waals surface area contributed by atoms with Crippen molar-refractivity contribution in [2.24, 2.45) is 0 Å². The Morgan fingerprint density at radius 2 is 2.00 bits per heavy atom. The van der Waals surface area contributed by atoms with Gasteiger partial charge in [0.1, 0.15) is 0 Å². The summed E-state index contributed by atoms with van der Waals surface area (Å²) in [5, 5.41) is 5.71. The van der Waals surface area contributed by atoms with Gasteiger partial charge >= 0.3 is 0 Å². The molecule has 0 aliphatic carbocycles. The van der Waals surface area contributed by atoms with Crippen LogP contribution in [0.2, 0.25) is 5.02 Å². The second-order valence-electron chi connectivity index (χ2n) is 5.70. The van der Waals surface area contributed by atoms with Crippen LogP contribution in [0.3, 0.4) is 0 Å². The third-order valence-corrected chi connectivity index (χ3v) is 4.65. The van der Waals surface area contributed by atoms with Gasteiger partial charge in [-0.05, 0) is 48.2 Å². The number of fused-ring (bicyclic) bond motifs is 3. The van der Waals surface area contributed by atoms with E-state index in [4.69, 9.17) is 11.6 Å². The van der Waals surface area contributed by atoms with Crippen LogP contribution in [0, 0.1) is 6.92 Å². The van der Waals surface area contributed by atoms with Gasteiger partial charge in [-0.1, -0.05) is 35.9 Å². The third kappa shape index (κ3) is 2.06. The zero-order valence-corrected chi connectivity index (χ0v) is 12.7. The van der Waals surface area contributed by atoms with E-state index in [1.807, 2.05) is 6.07 Å². The molecule has 1 aliphatic rings. The van der Waals surface area contributed by atoms with E-state index in [1.165, 1.54) is 33.3 Å². The van der Waals surface area contributed by atoms with Crippen LogP contribution in [0.4, 0.5) is 0 Å². The first-order valence-electron chi connectivity index (χ1n) is 7.33. The Kier molecular flexibility index (Phi) is 3.02. The standard InChI is InChI=1S/C18H17ClN2/c1-11-4-2-3-5-13(11)17-18-14(8-9-20-17)15-10-12(19)6-7-16(15)21-18/h2-7,10,17,20-21H,8-9H2,1H3. The maximum absolute atomic E-state index is 6.17. The molecule has 0 fully saturated rings. The molecule has 1 atom stereocenters. The van der Waals surface area contributed by atoms with Crippen LogP contribution in [0.1, 0.15) is 28.4 Å². The van der Waals surface area contributed by atoms with Crippen LogP contribution in [0.5, 0.6) is 0 Å². The number of H-pyrrole nitrogens is 1. The number of aryl methyl sites for hydroxylation is 1. The van der Waals surface area contributed by atoms with Crippen molar-refractivity contribution in [3.05, 3.63) is 69.9 Å². The van der Waals surface area contributed by atoms with Crippen molar-refractivity contribution in [3.8, 4) is 0 Å². The SMILES string of the molecule is Cc1ccccc1C1NCCc2c1[nH]c1ccc(Cl)cc21. The summed E-state index contributed by atoms with van der Waals surface area (Å²) < 4.78 is 0. The van der Waals surface area contributed by atoms with Crippen molar-refractivity contribution in [1.29, 1.82) is 0 Å². The van der Waals surface area contributed by atoms with Gasteiger partial charge in [-0.25, -0.2) is 0 Å². The quantitative estimate of drug-likeness (QED) is 0.686. The molecule has 0 saturated heterocycles. The summed E-state index contributed by atoms with van der Waals surface area (Å²) in [4.78, 5) is 3.60. The minimum absolute atomic E-state index is 0.237. The Bertz CT molecular complexity index is 819. The van der Waals surface area contributed by atoms with Gasteiger partial charge < -0.3 is 10.3 Å². The van der Waals surface area contributed by atoms with Gasteiger partial charge in [0.25, 0.3) is 0 Å². The topological polar surface area (TPSA) is 27.8 Å². The first-order chi connectivity index (χ1) is 10.2. The smallest absolute Gasteiger partial charge is 0.0734 e. The van der Waals surface area contributed by atoms with Crippen LogP contribution in [0.25, 0.3) is 10.9 Å². The van der Waals surface area contributed by atoms with Crippen molar-refractivity contribution >= 4 is 22.5 Å². The zero-order valence-electron chi connectivity index (χ0n) is 11.9. The molecule has 2 nitrogen and oxygen atoms in total. The lowest BCUT2D eigenvalue weighted by molar-refractivity contribution is 0.558.